The molecule has 0 aliphatic carbocycles. The zero-order valence-electron chi connectivity index (χ0n) is 19.7. The SMILES string of the molecule is O=C(O)N1CCC(c2ccc(F)cc2)C(OCc2cc(OCc3ccncc3)c3ccccc3c2)C1. The smallest absolute Gasteiger partial charge is 0.407 e. The third-order valence-electron chi connectivity index (χ3n) is 6.62. The number of ether oxygens (including phenoxy) is 2. The minimum Gasteiger partial charge on any atom is -0.488 e. The number of amides is 1. The van der Waals surface area contributed by atoms with E-state index in [0.717, 1.165) is 33.2 Å². The van der Waals surface area contributed by atoms with E-state index in [2.05, 4.69) is 11.1 Å². The van der Waals surface area contributed by atoms with Gasteiger partial charge < -0.3 is 19.5 Å². The minimum absolute atomic E-state index is 0.0240. The molecular formula is C29H27FN2O4. The first-order chi connectivity index (χ1) is 17.6. The molecule has 0 bridgehead atoms. The molecule has 5 rings (SSSR count). The molecule has 6 nitrogen and oxygen atoms in total. The molecule has 36 heavy (non-hydrogen) atoms. The van der Waals surface area contributed by atoms with E-state index in [1.54, 1.807) is 24.5 Å². The van der Waals surface area contributed by atoms with E-state index in [0.29, 0.717) is 26.2 Å². The van der Waals surface area contributed by atoms with Gasteiger partial charge in [-0.15, -0.1) is 0 Å². The molecule has 2 unspecified atom stereocenters. The van der Waals surface area contributed by atoms with Crippen LogP contribution < -0.4 is 4.74 Å². The van der Waals surface area contributed by atoms with Gasteiger partial charge in [0.25, 0.3) is 0 Å². The summed E-state index contributed by atoms with van der Waals surface area (Å²) in [6.45, 7) is 1.39. The molecule has 1 aliphatic rings. The van der Waals surface area contributed by atoms with Gasteiger partial charge in [0, 0.05) is 30.2 Å². The minimum atomic E-state index is -0.960. The highest BCUT2D eigenvalue weighted by atomic mass is 19.1. The number of likely N-dealkylation sites (tertiary alicyclic amines) is 1. The molecule has 1 aromatic heterocycles. The Labute approximate surface area is 208 Å². The predicted molar refractivity (Wildman–Crippen MR) is 134 cm³/mol. The molecule has 4 aromatic rings. The molecule has 1 fully saturated rings. The van der Waals surface area contributed by atoms with Crippen LogP contribution in [0.15, 0.2) is 85.2 Å². The lowest BCUT2D eigenvalue weighted by molar-refractivity contribution is -0.0199. The van der Waals surface area contributed by atoms with E-state index in [-0.39, 0.29) is 24.4 Å². The molecule has 2 atom stereocenters. The Kier molecular flexibility index (Phi) is 7.09. The fraction of sp³-hybridized carbons (Fsp3) is 0.241. The number of carbonyl (C=O) groups is 1. The van der Waals surface area contributed by atoms with Crippen LogP contribution in [0.1, 0.15) is 29.0 Å². The summed E-state index contributed by atoms with van der Waals surface area (Å²) in [5, 5.41) is 11.6. The Balaban J connectivity index is 1.37. The standard InChI is InChI=1S/C29H27FN2O4/c30-24-7-5-22(6-8-24)26-11-14-32(29(33)34)17-28(26)36-19-21-15-23-3-1-2-4-25(23)27(16-21)35-18-20-9-12-31-13-10-20/h1-10,12-13,15-16,26,28H,11,14,17-19H2,(H,33,34). The second-order valence-corrected chi connectivity index (χ2v) is 8.98. The van der Waals surface area contributed by atoms with E-state index in [1.165, 1.54) is 17.0 Å². The predicted octanol–water partition coefficient (Wildman–Crippen LogP) is 6.01. The zero-order valence-corrected chi connectivity index (χ0v) is 19.7. The number of pyridine rings is 1. The van der Waals surface area contributed by atoms with Crippen molar-refractivity contribution in [2.24, 2.45) is 0 Å². The summed E-state index contributed by atoms with van der Waals surface area (Å²) in [5.41, 5.74) is 2.91. The Bertz CT molecular complexity index is 1330. The van der Waals surface area contributed by atoms with E-state index in [4.69, 9.17) is 9.47 Å². The molecule has 1 N–H and O–H groups in total. The molecule has 0 saturated carbocycles. The molecule has 0 spiro atoms. The van der Waals surface area contributed by atoms with Crippen molar-refractivity contribution in [1.29, 1.82) is 0 Å². The van der Waals surface area contributed by atoms with Crippen LogP contribution in [0.25, 0.3) is 10.8 Å². The summed E-state index contributed by atoms with van der Waals surface area (Å²) in [5.74, 6) is 0.438. The van der Waals surface area contributed by atoms with Crippen LogP contribution >= 0.6 is 0 Å². The van der Waals surface area contributed by atoms with Crippen molar-refractivity contribution in [2.45, 2.75) is 31.7 Å². The van der Waals surface area contributed by atoms with Crippen molar-refractivity contribution in [3.05, 3.63) is 108 Å². The largest absolute Gasteiger partial charge is 0.488 e. The molecule has 1 amide bonds. The van der Waals surface area contributed by atoms with Gasteiger partial charge in [0.05, 0.1) is 19.3 Å². The monoisotopic (exact) mass is 486 g/mol. The van der Waals surface area contributed by atoms with Gasteiger partial charge in [-0.1, -0.05) is 36.4 Å². The lowest BCUT2D eigenvalue weighted by Gasteiger charge is -2.37. The summed E-state index contributed by atoms with van der Waals surface area (Å²) in [4.78, 5) is 17.1. The number of rotatable bonds is 7. The van der Waals surface area contributed by atoms with Crippen LogP contribution in [0.3, 0.4) is 0 Å². The molecule has 7 heteroatoms. The maximum Gasteiger partial charge on any atom is 0.407 e. The molecule has 3 aromatic carbocycles. The second kappa shape index (κ2) is 10.7. The topological polar surface area (TPSA) is 71.9 Å². The Morgan fingerprint density at radius 3 is 2.56 bits per heavy atom. The molecule has 2 heterocycles. The summed E-state index contributed by atoms with van der Waals surface area (Å²) < 4.78 is 26.0. The number of nitrogens with zero attached hydrogens (tertiary/aromatic N) is 2. The van der Waals surface area contributed by atoms with E-state index in [9.17, 15) is 14.3 Å². The highest BCUT2D eigenvalue weighted by molar-refractivity contribution is 5.89. The zero-order chi connectivity index (χ0) is 24.9. The number of hydrogen-bond donors (Lipinski definition) is 1. The number of fused-ring (bicyclic) bond motifs is 1. The Hall–Kier alpha value is -3.97. The van der Waals surface area contributed by atoms with Crippen molar-refractivity contribution in [2.75, 3.05) is 13.1 Å². The van der Waals surface area contributed by atoms with E-state index >= 15 is 0 Å². The summed E-state index contributed by atoms with van der Waals surface area (Å²) in [6, 6.07) is 22.3. The molecule has 184 valence electrons. The maximum absolute atomic E-state index is 13.5. The van der Waals surface area contributed by atoms with Crippen LogP contribution in [0.2, 0.25) is 0 Å². The van der Waals surface area contributed by atoms with Crippen molar-refractivity contribution in [3.8, 4) is 5.75 Å². The van der Waals surface area contributed by atoms with Crippen LogP contribution in [-0.2, 0) is 18.0 Å². The number of aromatic nitrogens is 1. The van der Waals surface area contributed by atoms with Gasteiger partial charge in [0.2, 0.25) is 0 Å². The highest BCUT2D eigenvalue weighted by Gasteiger charge is 2.33. The van der Waals surface area contributed by atoms with E-state index < -0.39 is 6.09 Å². The number of benzene rings is 3. The number of hydrogen-bond acceptors (Lipinski definition) is 4. The van der Waals surface area contributed by atoms with Gasteiger partial charge in [-0.05, 0) is 64.9 Å². The Morgan fingerprint density at radius 1 is 1.00 bits per heavy atom. The fourth-order valence-electron chi connectivity index (χ4n) is 4.73. The van der Waals surface area contributed by atoms with Crippen molar-refractivity contribution < 1.29 is 23.8 Å². The number of carboxylic acid groups (broad SMARTS) is 1. The molecule has 1 aliphatic heterocycles. The molecular weight excluding hydrogens is 459 g/mol. The van der Waals surface area contributed by atoms with Gasteiger partial charge >= 0.3 is 6.09 Å². The summed E-state index contributed by atoms with van der Waals surface area (Å²) >= 11 is 0. The van der Waals surface area contributed by atoms with E-state index in [1.807, 2.05) is 42.5 Å². The normalized spacial score (nSPS) is 17.8. The lowest BCUT2D eigenvalue weighted by Crippen LogP contribution is -2.46. The average molecular weight is 487 g/mol. The number of piperidine rings is 1. The first kappa shape index (κ1) is 23.8. The van der Waals surface area contributed by atoms with Gasteiger partial charge in [0.1, 0.15) is 18.2 Å². The second-order valence-electron chi connectivity index (χ2n) is 8.98. The van der Waals surface area contributed by atoms with Crippen molar-refractivity contribution >= 4 is 16.9 Å². The van der Waals surface area contributed by atoms with Crippen LogP contribution in [0.4, 0.5) is 9.18 Å². The van der Waals surface area contributed by atoms with Gasteiger partial charge in [-0.25, -0.2) is 9.18 Å². The van der Waals surface area contributed by atoms with Crippen LogP contribution in [0, 0.1) is 5.82 Å². The third kappa shape index (κ3) is 5.47. The Morgan fingerprint density at radius 2 is 1.78 bits per heavy atom. The highest BCUT2D eigenvalue weighted by Crippen LogP contribution is 2.33. The molecule has 0 radical (unpaired) electrons. The summed E-state index contributed by atoms with van der Waals surface area (Å²) in [6.07, 6.45) is 2.78. The number of halogens is 1. The average Bonchev–Trinajstić information content (AvgIpc) is 2.91. The van der Waals surface area contributed by atoms with Crippen LogP contribution in [-0.4, -0.2) is 40.3 Å². The summed E-state index contributed by atoms with van der Waals surface area (Å²) in [7, 11) is 0. The fourth-order valence-corrected chi connectivity index (χ4v) is 4.73. The van der Waals surface area contributed by atoms with Crippen molar-refractivity contribution in [1.82, 2.24) is 9.88 Å². The van der Waals surface area contributed by atoms with Gasteiger partial charge in [-0.3, -0.25) is 4.98 Å². The van der Waals surface area contributed by atoms with Gasteiger partial charge in [0.15, 0.2) is 0 Å². The quantitative estimate of drug-likeness (QED) is 0.347. The maximum atomic E-state index is 13.5. The van der Waals surface area contributed by atoms with Gasteiger partial charge in [-0.2, -0.15) is 0 Å². The molecule has 1 saturated heterocycles. The third-order valence-corrected chi connectivity index (χ3v) is 6.62. The first-order valence-corrected chi connectivity index (χ1v) is 11.9. The first-order valence-electron chi connectivity index (χ1n) is 11.9. The van der Waals surface area contributed by atoms with Crippen molar-refractivity contribution in [3.63, 3.8) is 0 Å². The lowest BCUT2D eigenvalue weighted by atomic mass is 9.87. The van der Waals surface area contributed by atoms with Crippen LogP contribution in [0.5, 0.6) is 5.75 Å².